The highest BCUT2D eigenvalue weighted by Crippen LogP contribution is 1.32. The fourth-order valence-electron chi connectivity index (χ4n) is 0.500. The molecule has 0 atom stereocenters. The van der Waals surface area contributed by atoms with E-state index in [0.717, 1.165) is 0 Å². The van der Waals surface area contributed by atoms with Gasteiger partial charge >= 0.3 is 0 Å². The molecule has 0 saturated heterocycles. The first-order chi connectivity index (χ1) is 3.63. The van der Waals surface area contributed by atoms with Gasteiger partial charge in [-0.05, 0) is 0 Å². The number of rotatable bonds is 3. The molecule has 0 radical (unpaired) electrons. The molecule has 0 fully saturated rings. The Bertz CT molecular complexity index is 42.5. The van der Waals surface area contributed by atoms with Gasteiger partial charge in [0, 0.05) is 0 Å². The Balaban J connectivity index is 2.93. The maximum absolute atomic E-state index is 2.18. The molecule has 0 spiro atoms. The second kappa shape index (κ2) is 3.87. The third kappa shape index (κ3) is 5.92. The standard InChI is InChI=1S/C6H16N2/c1-7(2)5-6-8(3)4/h5-6H2,1-4H3/p+2. The van der Waals surface area contributed by atoms with Gasteiger partial charge < -0.3 is 9.80 Å². The van der Waals surface area contributed by atoms with Crippen LogP contribution < -0.4 is 9.80 Å². The largest absolute Gasteiger partial charge is 0.335 e. The molecule has 0 aromatic heterocycles. The van der Waals surface area contributed by atoms with Crippen LogP contribution >= 0.6 is 0 Å². The minimum atomic E-state index is 1.27. The van der Waals surface area contributed by atoms with E-state index in [1.165, 1.54) is 22.9 Å². The van der Waals surface area contributed by atoms with E-state index in [9.17, 15) is 0 Å². The van der Waals surface area contributed by atoms with Crippen LogP contribution in [0.2, 0.25) is 0 Å². The van der Waals surface area contributed by atoms with Gasteiger partial charge in [0.25, 0.3) is 0 Å². The van der Waals surface area contributed by atoms with E-state index in [1.54, 1.807) is 0 Å². The number of hydrogen-bond acceptors (Lipinski definition) is 0. The fraction of sp³-hybridized carbons (Fsp3) is 1.00. The van der Waals surface area contributed by atoms with Crippen LogP contribution in [0.1, 0.15) is 0 Å². The molecule has 0 aromatic rings. The quantitative estimate of drug-likeness (QED) is 0.398. The number of quaternary nitrogens is 2. The molecule has 0 aliphatic rings. The monoisotopic (exact) mass is 118 g/mol. The van der Waals surface area contributed by atoms with Gasteiger partial charge in [0.05, 0.1) is 28.2 Å². The van der Waals surface area contributed by atoms with Crippen LogP contribution in [0.15, 0.2) is 0 Å². The van der Waals surface area contributed by atoms with E-state index >= 15 is 0 Å². The van der Waals surface area contributed by atoms with Crippen molar-refractivity contribution in [2.75, 3.05) is 41.3 Å². The van der Waals surface area contributed by atoms with E-state index in [-0.39, 0.29) is 0 Å². The summed E-state index contributed by atoms with van der Waals surface area (Å²) in [7, 11) is 8.73. The summed E-state index contributed by atoms with van der Waals surface area (Å²) >= 11 is 0. The second-order valence-electron chi connectivity index (χ2n) is 2.91. The minimum absolute atomic E-state index is 1.27. The van der Waals surface area contributed by atoms with Crippen LogP contribution in [0.4, 0.5) is 0 Å². The fourth-order valence-corrected chi connectivity index (χ4v) is 0.500. The predicted octanol–water partition coefficient (Wildman–Crippen LogP) is -2.72. The van der Waals surface area contributed by atoms with Crippen molar-refractivity contribution >= 4 is 0 Å². The molecule has 50 valence electrons. The molecule has 0 aliphatic heterocycles. The molecule has 0 amide bonds. The molecule has 2 nitrogen and oxygen atoms in total. The minimum Gasteiger partial charge on any atom is -0.335 e. The lowest BCUT2D eigenvalue weighted by Crippen LogP contribution is -3.14. The topological polar surface area (TPSA) is 8.88 Å². The SMILES string of the molecule is C[NH+](C)CC[NH+](C)C. The average Bonchev–Trinajstić information content (AvgIpc) is 1.61. The molecule has 0 bridgehead atoms. The van der Waals surface area contributed by atoms with E-state index in [0.29, 0.717) is 0 Å². The van der Waals surface area contributed by atoms with E-state index in [2.05, 4.69) is 28.2 Å². The van der Waals surface area contributed by atoms with Crippen molar-refractivity contribution in [1.82, 2.24) is 0 Å². The zero-order valence-corrected chi connectivity index (χ0v) is 6.41. The number of hydrogen-bond donors (Lipinski definition) is 2. The molecule has 2 N–H and O–H groups in total. The van der Waals surface area contributed by atoms with Crippen molar-refractivity contribution in [3.63, 3.8) is 0 Å². The van der Waals surface area contributed by atoms with Gasteiger partial charge in [0.2, 0.25) is 0 Å². The second-order valence-corrected chi connectivity index (χ2v) is 2.91. The summed E-state index contributed by atoms with van der Waals surface area (Å²) in [4.78, 5) is 3.07. The van der Waals surface area contributed by atoms with Gasteiger partial charge in [0.15, 0.2) is 0 Å². The highest BCUT2D eigenvalue weighted by molar-refractivity contribution is 4.13. The van der Waals surface area contributed by atoms with Crippen molar-refractivity contribution in [3.8, 4) is 0 Å². The van der Waals surface area contributed by atoms with Gasteiger partial charge in [-0.15, -0.1) is 0 Å². The smallest absolute Gasteiger partial charge is 0.126 e. The van der Waals surface area contributed by atoms with E-state index in [4.69, 9.17) is 0 Å². The highest BCUT2D eigenvalue weighted by atomic mass is 15.1. The van der Waals surface area contributed by atoms with Crippen molar-refractivity contribution < 1.29 is 9.80 Å². The van der Waals surface area contributed by atoms with E-state index < -0.39 is 0 Å². The molecule has 0 heterocycles. The maximum atomic E-state index is 2.18. The Morgan fingerprint density at radius 1 is 0.750 bits per heavy atom. The lowest BCUT2D eigenvalue weighted by Gasteiger charge is -2.09. The molecule has 8 heavy (non-hydrogen) atoms. The molecule has 0 aliphatic carbocycles. The van der Waals surface area contributed by atoms with Crippen molar-refractivity contribution in [1.29, 1.82) is 0 Å². The van der Waals surface area contributed by atoms with Crippen molar-refractivity contribution in [2.24, 2.45) is 0 Å². The predicted molar refractivity (Wildman–Crippen MR) is 35.4 cm³/mol. The first-order valence-corrected chi connectivity index (χ1v) is 3.21. The Hall–Kier alpha value is -0.0800. The first kappa shape index (κ1) is 7.92. The van der Waals surface area contributed by atoms with Gasteiger partial charge in [0.1, 0.15) is 13.1 Å². The highest BCUT2D eigenvalue weighted by Gasteiger charge is 1.95. The molecule has 0 rings (SSSR count). The first-order valence-electron chi connectivity index (χ1n) is 3.21. The van der Waals surface area contributed by atoms with Gasteiger partial charge in [-0.25, -0.2) is 0 Å². The summed E-state index contributed by atoms with van der Waals surface area (Å²) in [6.45, 7) is 2.53. The zero-order valence-electron chi connectivity index (χ0n) is 6.41. The molecule has 0 saturated carbocycles. The summed E-state index contributed by atoms with van der Waals surface area (Å²) in [6.07, 6.45) is 0. The average molecular weight is 118 g/mol. The summed E-state index contributed by atoms with van der Waals surface area (Å²) in [6, 6.07) is 0. The van der Waals surface area contributed by atoms with Crippen molar-refractivity contribution in [3.05, 3.63) is 0 Å². The molecule has 0 aromatic carbocycles. The Morgan fingerprint density at radius 2 is 1.00 bits per heavy atom. The third-order valence-electron chi connectivity index (χ3n) is 1.12. The van der Waals surface area contributed by atoms with Crippen LogP contribution in [-0.2, 0) is 0 Å². The Morgan fingerprint density at radius 3 is 1.12 bits per heavy atom. The summed E-state index contributed by atoms with van der Waals surface area (Å²) in [5, 5.41) is 0. The molecular weight excluding hydrogens is 100 g/mol. The summed E-state index contributed by atoms with van der Waals surface area (Å²) < 4.78 is 0. The zero-order chi connectivity index (χ0) is 6.57. The van der Waals surface area contributed by atoms with Crippen molar-refractivity contribution in [2.45, 2.75) is 0 Å². The lowest BCUT2D eigenvalue weighted by molar-refractivity contribution is -0.918. The number of likely N-dealkylation sites (N-methyl/N-ethyl adjacent to an activating group) is 2. The lowest BCUT2D eigenvalue weighted by atomic mass is 10.5. The van der Waals surface area contributed by atoms with Gasteiger partial charge in [-0.1, -0.05) is 0 Å². The summed E-state index contributed by atoms with van der Waals surface area (Å²) in [5.74, 6) is 0. The van der Waals surface area contributed by atoms with Gasteiger partial charge in [-0.3, -0.25) is 0 Å². The van der Waals surface area contributed by atoms with Crippen LogP contribution in [0.3, 0.4) is 0 Å². The van der Waals surface area contributed by atoms with Gasteiger partial charge in [-0.2, -0.15) is 0 Å². The van der Waals surface area contributed by atoms with E-state index in [1.807, 2.05) is 0 Å². The van der Waals surface area contributed by atoms with Crippen LogP contribution in [0, 0.1) is 0 Å². The van der Waals surface area contributed by atoms with Crippen LogP contribution in [0.5, 0.6) is 0 Å². The molecule has 0 unspecified atom stereocenters. The molecular formula is C6H18N2+2. The summed E-state index contributed by atoms with van der Waals surface area (Å²) in [5.41, 5.74) is 0. The molecule has 2 heteroatoms. The Labute approximate surface area is 52.1 Å². The van der Waals surface area contributed by atoms with Crippen LogP contribution in [0.25, 0.3) is 0 Å². The normalized spacial score (nSPS) is 11.2. The third-order valence-corrected chi connectivity index (χ3v) is 1.12. The maximum Gasteiger partial charge on any atom is 0.126 e. The number of nitrogens with one attached hydrogen (secondary N) is 2. The van der Waals surface area contributed by atoms with Crippen LogP contribution in [-0.4, -0.2) is 41.3 Å². The Kier molecular flexibility index (Phi) is 3.83.